The molecule has 1 aromatic heterocycles. The fourth-order valence-corrected chi connectivity index (χ4v) is 9.01. The third-order valence-electron chi connectivity index (χ3n) is 7.21. The van der Waals surface area contributed by atoms with Crippen molar-refractivity contribution in [3.05, 3.63) is 87.3 Å². The molecule has 3 heterocycles. The number of β-lactam (4-membered cyclic amide) rings is 1. The van der Waals surface area contributed by atoms with Gasteiger partial charge in [-0.3, -0.25) is 19.3 Å². The molecule has 240 valence electrons. The van der Waals surface area contributed by atoms with Crippen LogP contribution in [-0.4, -0.2) is 72.6 Å². The lowest BCUT2D eigenvalue weighted by molar-refractivity contribution is -0.611. The van der Waals surface area contributed by atoms with Crippen molar-refractivity contribution < 1.29 is 39.1 Å². The maximum Gasteiger partial charge on any atom is 0.352 e. The van der Waals surface area contributed by atoms with E-state index in [9.17, 15) is 34.5 Å². The molecule has 10 nitrogen and oxygen atoms in total. The Morgan fingerprint density at radius 1 is 1.09 bits per heavy atom. The van der Waals surface area contributed by atoms with E-state index >= 15 is 0 Å². The van der Waals surface area contributed by atoms with Crippen LogP contribution in [0.2, 0.25) is 10.0 Å². The van der Waals surface area contributed by atoms with Crippen LogP contribution in [0, 0.1) is 6.92 Å². The molecule has 2 aliphatic rings. The van der Waals surface area contributed by atoms with Gasteiger partial charge in [0.05, 0.1) is 23.3 Å². The molecule has 4 N–H and O–H groups in total. The zero-order valence-corrected chi connectivity index (χ0v) is 28.2. The molecule has 0 unspecified atom stereocenters. The van der Waals surface area contributed by atoms with E-state index in [4.69, 9.17) is 23.2 Å². The Morgan fingerprint density at radius 2 is 1.87 bits per heavy atom. The van der Waals surface area contributed by atoms with E-state index < -0.39 is 29.3 Å². The summed E-state index contributed by atoms with van der Waals surface area (Å²) in [5.74, 6) is -2.33. The first-order valence-electron chi connectivity index (χ1n) is 13.9. The maximum atomic E-state index is 13.1. The van der Waals surface area contributed by atoms with E-state index in [1.54, 1.807) is 36.4 Å². The molecule has 5 rings (SSSR count). The summed E-state index contributed by atoms with van der Waals surface area (Å²) in [6, 6.07) is 14.5. The number of pyridine rings is 1. The second-order valence-corrected chi connectivity index (χ2v) is 14.5. The number of aromatic nitrogens is 1. The second kappa shape index (κ2) is 14.6. The number of aryl methyl sites for hydroxylation is 2. The van der Waals surface area contributed by atoms with Crippen molar-refractivity contribution in [1.29, 1.82) is 0 Å². The first kappa shape index (κ1) is 34.0. The summed E-state index contributed by atoms with van der Waals surface area (Å²) in [5.41, 5.74) is 2.69. The average Bonchev–Trinajstić information content (AvgIpc) is 3.01. The van der Waals surface area contributed by atoms with Gasteiger partial charge in [0.25, 0.3) is 5.91 Å². The molecule has 2 aliphatic heterocycles. The van der Waals surface area contributed by atoms with E-state index in [2.05, 4.69) is 5.32 Å². The van der Waals surface area contributed by atoms with Crippen LogP contribution in [0.4, 0.5) is 0 Å². The quantitative estimate of drug-likeness (QED) is 0.115. The van der Waals surface area contributed by atoms with Gasteiger partial charge in [-0.2, -0.15) is 4.57 Å². The number of nitrogens with one attached hydrogen (secondary N) is 1. The standard InChI is InChI=1S/C31H27Cl2N3O7S3/c1-16-9-22(12-20(6-8-26(39)40)35(16)19-3-2-4-21(37)11-19)44-13-17-14-46-30-27(29(41)36(30)28(17)31(42)43)34-25(38)15-45-24-10-18(32)5-7-23(24)33/h2-5,7,9-12,27,30H,6,8,13-15H2,1H3,(H3-,34,37,38,39,40,42,43)/p+1/t27-,30-/m1/s1. The number of nitrogens with zero attached hydrogens (tertiary/aromatic N) is 2. The lowest BCUT2D eigenvalue weighted by Gasteiger charge is -2.49. The number of rotatable bonds is 12. The number of carbonyl (C=O) groups is 4. The predicted octanol–water partition coefficient (Wildman–Crippen LogP) is 4.92. The van der Waals surface area contributed by atoms with Gasteiger partial charge in [-0.1, -0.05) is 29.3 Å². The van der Waals surface area contributed by atoms with Gasteiger partial charge in [-0.05, 0) is 29.8 Å². The van der Waals surface area contributed by atoms with Crippen LogP contribution >= 0.6 is 58.5 Å². The average molecular weight is 722 g/mol. The monoisotopic (exact) mass is 720 g/mol. The van der Waals surface area contributed by atoms with Crippen molar-refractivity contribution in [2.45, 2.75) is 41.0 Å². The predicted molar refractivity (Wildman–Crippen MR) is 178 cm³/mol. The highest BCUT2D eigenvalue weighted by Crippen LogP contribution is 2.42. The Hall–Kier alpha value is -3.36. The molecule has 0 aliphatic carbocycles. The molecule has 3 aromatic rings. The van der Waals surface area contributed by atoms with Crippen molar-refractivity contribution in [3.63, 3.8) is 0 Å². The zero-order valence-electron chi connectivity index (χ0n) is 24.2. The fourth-order valence-electron chi connectivity index (χ4n) is 5.18. The number of phenolic OH excluding ortho intramolecular Hbond substituents is 1. The van der Waals surface area contributed by atoms with Crippen molar-refractivity contribution in [2.24, 2.45) is 0 Å². The molecule has 2 atom stereocenters. The molecular weight excluding hydrogens is 693 g/mol. The lowest BCUT2D eigenvalue weighted by Crippen LogP contribution is -2.70. The number of phenols is 1. The number of carboxylic acids is 2. The number of aromatic hydroxyl groups is 1. The van der Waals surface area contributed by atoms with Gasteiger partial charge in [-0.15, -0.1) is 35.3 Å². The van der Waals surface area contributed by atoms with Gasteiger partial charge < -0.3 is 20.6 Å². The van der Waals surface area contributed by atoms with E-state index in [1.807, 2.05) is 29.7 Å². The van der Waals surface area contributed by atoms with Crippen LogP contribution in [-0.2, 0) is 25.6 Å². The van der Waals surface area contributed by atoms with Gasteiger partial charge in [0.15, 0.2) is 11.4 Å². The minimum atomic E-state index is -1.22. The molecule has 0 radical (unpaired) electrons. The normalized spacial score (nSPS) is 17.4. The molecule has 1 fully saturated rings. The van der Waals surface area contributed by atoms with Gasteiger partial charge in [0.2, 0.25) is 11.6 Å². The molecule has 46 heavy (non-hydrogen) atoms. The fraction of sp³-hybridized carbons (Fsp3) is 0.258. The number of carbonyl (C=O) groups excluding carboxylic acids is 2. The van der Waals surface area contributed by atoms with E-state index in [0.717, 1.165) is 10.6 Å². The summed E-state index contributed by atoms with van der Waals surface area (Å²) < 4.78 is 1.88. The Balaban J connectivity index is 1.29. The third kappa shape index (κ3) is 7.60. The Morgan fingerprint density at radius 3 is 2.59 bits per heavy atom. The van der Waals surface area contributed by atoms with Gasteiger partial charge in [-0.25, -0.2) is 4.79 Å². The Kier molecular flexibility index (Phi) is 10.8. The van der Waals surface area contributed by atoms with Crippen molar-refractivity contribution in [1.82, 2.24) is 10.2 Å². The lowest BCUT2D eigenvalue weighted by atomic mass is 10.0. The number of aliphatic carboxylic acids is 2. The minimum absolute atomic E-state index is 0.00112. The molecule has 0 spiro atoms. The highest BCUT2D eigenvalue weighted by Gasteiger charge is 2.54. The summed E-state index contributed by atoms with van der Waals surface area (Å²) in [5, 5.41) is 32.6. The molecule has 0 bridgehead atoms. The number of fused-ring (bicyclic) bond motifs is 1. The summed E-state index contributed by atoms with van der Waals surface area (Å²) in [6.07, 6.45) is 0.140. The minimum Gasteiger partial charge on any atom is -0.508 e. The largest absolute Gasteiger partial charge is 0.508 e. The van der Waals surface area contributed by atoms with Crippen LogP contribution in [0.1, 0.15) is 17.8 Å². The Bertz CT molecular complexity index is 1770. The number of amides is 2. The summed E-state index contributed by atoms with van der Waals surface area (Å²) in [6.45, 7) is 1.87. The molecular formula is C31H28Cl2N3O7S3+. The highest BCUT2D eigenvalue weighted by atomic mass is 35.5. The van der Waals surface area contributed by atoms with E-state index in [1.165, 1.54) is 40.2 Å². The SMILES string of the molecule is Cc1cc(SCC2=C(C(=O)O)N3C(=O)[C@@H](NC(=O)CSc4cc(Cl)ccc4Cl)[C@H]3SC2)cc(CCC(=O)O)[n+]1-c1cccc(O)c1. The number of thioether (sulfide) groups is 3. The summed E-state index contributed by atoms with van der Waals surface area (Å²) >= 11 is 16.1. The van der Waals surface area contributed by atoms with Crippen molar-refractivity contribution in [3.8, 4) is 11.4 Å². The molecule has 2 amide bonds. The number of hydrogen-bond acceptors (Lipinski definition) is 8. The van der Waals surface area contributed by atoms with E-state index in [0.29, 0.717) is 37.6 Å². The number of carboxylic acid groups (broad SMARTS) is 2. The topological polar surface area (TPSA) is 148 Å². The Labute approximate surface area is 287 Å². The number of halogens is 2. The smallest absolute Gasteiger partial charge is 0.352 e. The third-order valence-corrected chi connectivity index (χ3v) is 11.3. The molecule has 0 saturated carbocycles. The second-order valence-electron chi connectivity index (χ2n) is 10.4. The summed E-state index contributed by atoms with van der Waals surface area (Å²) in [4.78, 5) is 52.2. The number of hydrogen-bond donors (Lipinski definition) is 4. The van der Waals surface area contributed by atoms with Crippen LogP contribution in [0.15, 0.2) is 75.7 Å². The molecule has 1 saturated heterocycles. The summed E-state index contributed by atoms with van der Waals surface area (Å²) in [7, 11) is 0. The van der Waals surface area contributed by atoms with Crippen LogP contribution in [0.5, 0.6) is 5.75 Å². The van der Waals surface area contributed by atoms with Crippen LogP contribution in [0.3, 0.4) is 0 Å². The van der Waals surface area contributed by atoms with Gasteiger partial charge >= 0.3 is 11.9 Å². The first-order valence-corrected chi connectivity index (χ1v) is 17.7. The first-order chi connectivity index (χ1) is 21.9. The maximum absolute atomic E-state index is 13.1. The highest BCUT2D eigenvalue weighted by molar-refractivity contribution is 8.01. The number of benzene rings is 2. The molecule has 2 aromatic carbocycles. The van der Waals surface area contributed by atoms with Crippen LogP contribution in [0.25, 0.3) is 5.69 Å². The van der Waals surface area contributed by atoms with E-state index in [-0.39, 0.29) is 41.7 Å². The van der Waals surface area contributed by atoms with Crippen molar-refractivity contribution in [2.75, 3.05) is 17.3 Å². The van der Waals surface area contributed by atoms with Gasteiger partial charge in [0.1, 0.15) is 22.9 Å². The zero-order chi connectivity index (χ0) is 33.1. The molecule has 15 heteroatoms. The van der Waals surface area contributed by atoms with Gasteiger partial charge in [0, 0.05) is 57.9 Å². The van der Waals surface area contributed by atoms with Crippen LogP contribution < -0.4 is 9.88 Å². The van der Waals surface area contributed by atoms with Crippen molar-refractivity contribution >= 4 is 82.2 Å².